The summed E-state index contributed by atoms with van der Waals surface area (Å²) in [5.74, 6) is 1.67. The van der Waals surface area contributed by atoms with Crippen LogP contribution in [0.2, 0.25) is 10.0 Å². The first-order chi connectivity index (χ1) is 20.2. The van der Waals surface area contributed by atoms with Crippen LogP contribution >= 0.6 is 23.2 Å². The monoisotopic (exact) mass is 608 g/mol. The Morgan fingerprint density at radius 2 is 1.81 bits per heavy atom. The van der Waals surface area contributed by atoms with E-state index in [2.05, 4.69) is 27.1 Å². The highest BCUT2D eigenvalue weighted by Crippen LogP contribution is 2.46. The average molecular weight is 610 g/mol. The van der Waals surface area contributed by atoms with E-state index in [1.54, 1.807) is 12.3 Å². The van der Waals surface area contributed by atoms with E-state index in [-0.39, 0.29) is 12.2 Å². The number of hydrogen-bond acceptors (Lipinski definition) is 9. The second-order valence-corrected chi connectivity index (χ2v) is 10.7. The van der Waals surface area contributed by atoms with Crippen molar-refractivity contribution in [2.45, 2.75) is 19.8 Å². The van der Waals surface area contributed by atoms with Gasteiger partial charge in [-0.2, -0.15) is 0 Å². The smallest absolute Gasteiger partial charge is 0.227 e. The van der Waals surface area contributed by atoms with E-state index in [1.807, 2.05) is 45.3 Å². The van der Waals surface area contributed by atoms with Gasteiger partial charge in [-0.1, -0.05) is 48.0 Å². The molecule has 0 aliphatic rings. The molecule has 0 fully saturated rings. The number of nitrogens with zero attached hydrogens (tertiary/aromatic N) is 4. The second-order valence-electron chi connectivity index (χ2n) is 9.94. The molecule has 0 amide bonds. The third-order valence-corrected chi connectivity index (χ3v) is 7.41. The molecule has 11 heteroatoms. The highest BCUT2D eigenvalue weighted by atomic mass is 35.5. The summed E-state index contributed by atoms with van der Waals surface area (Å²) < 4.78 is 10.9. The van der Waals surface area contributed by atoms with Crippen molar-refractivity contribution < 1.29 is 14.3 Å². The molecule has 2 aromatic carbocycles. The number of pyridine rings is 1. The van der Waals surface area contributed by atoms with E-state index in [1.165, 1.54) is 20.3 Å². The minimum Gasteiger partial charge on any atom is -0.495 e. The summed E-state index contributed by atoms with van der Waals surface area (Å²) in [5, 5.41) is 8.11. The first kappa shape index (κ1) is 31.0. The van der Waals surface area contributed by atoms with Gasteiger partial charge in [0.2, 0.25) is 5.95 Å². The van der Waals surface area contributed by atoms with Gasteiger partial charge in [0.15, 0.2) is 11.6 Å². The van der Waals surface area contributed by atoms with Gasteiger partial charge in [-0.3, -0.25) is 4.79 Å². The highest BCUT2D eigenvalue weighted by molar-refractivity contribution is 6.41. The van der Waals surface area contributed by atoms with Crippen LogP contribution < -0.4 is 20.1 Å². The molecule has 42 heavy (non-hydrogen) atoms. The predicted octanol–water partition coefficient (Wildman–Crippen LogP) is 6.73. The highest BCUT2D eigenvalue weighted by Gasteiger charge is 2.22. The second kappa shape index (κ2) is 13.8. The molecular weight excluding hydrogens is 575 g/mol. The number of halogens is 2. The fourth-order valence-electron chi connectivity index (χ4n) is 4.49. The maximum atomic E-state index is 12.1. The fraction of sp³-hybridized carbons (Fsp3) is 0.290. The number of ketones is 1. The molecule has 0 radical (unpaired) electrons. The summed E-state index contributed by atoms with van der Waals surface area (Å²) in [5.41, 5.74) is 4.17. The number of para-hydroxylation sites is 1. The van der Waals surface area contributed by atoms with E-state index < -0.39 is 0 Å². The number of carbonyl (C=O) groups excluding carboxylic acids is 1. The Morgan fingerprint density at radius 3 is 2.45 bits per heavy atom. The lowest BCUT2D eigenvalue weighted by Crippen LogP contribution is -2.17. The van der Waals surface area contributed by atoms with Crippen LogP contribution in [-0.2, 0) is 11.2 Å². The van der Waals surface area contributed by atoms with Gasteiger partial charge >= 0.3 is 0 Å². The summed E-state index contributed by atoms with van der Waals surface area (Å²) in [7, 11) is 7.11. The molecule has 0 atom stereocenters. The minimum absolute atomic E-state index is 0.0736. The quantitative estimate of drug-likeness (QED) is 0.126. The number of ether oxygens (including phenoxy) is 2. The van der Waals surface area contributed by atoms with Crippen molar-refractivity contribution in [2.75, 3.05) is 52.0 Å². The maximum absolute atomic E-state index is 12.1. The summed E-state index contributed by atoms with van der Waals surface area (Å²) in [6.07, 6.45) is 4.14. The van der Waals surface area contributed by atoms with Crippen LogP contribution in [0, 0.1) is 6.92 Å². The summed E-state index contributed by atoms with van der Waals surface area (Å²) in [4.78, 5) is 28.6. The van der Waals surface area contributed by atoms with Gasteiger partial charge in [0.05, 0.1) is 30.0 Å². The molecule has 4 aromatic rings. The van der Waals surface area contributed by atoms with Crippen molar-refractivity contribution in [3.8, 4) is 22.8 Å². The Morgan fingerprint density at radius 1 is 1.10 bits per heavy atom. The van der Waals surface area contributed by atoms with Crippen LogP contribution in [0.1, 0.15) is 17.5 Å². The zero-order valence-corrected chi connectivity index (χ0v) is 25.9. The van der Waals surface area contributed by atoms with Gasteiger partial charge in [0.1, 0.15) is 17.0 Å². The molecule has 4 rings (SSSR count). The third-order valence-electron chi connectivity index (χ3n) is 6.66. The van der Waals surface area contributed by atoms with Gasteiger partial charge in [0, 0.05) is 41.9 Å². The van der Waals surface area contributed by atoms with Crippen molar-refractivity contribution in [3.63, 3.8) is 0 Å². The van der Waals surface area contributed by atoms with Gasteiger partial charge in [-0.05, 0) is 57.3 Å². The standard InChI is InChI=1S/C31H34Cl2N6O3/c1-7-21(40)14-19-11-8-10-18(2)28(19)37-31-35-17-20-15-22(25-26(32)23(41-5)16-24(42-6)27(25)33)36-30(29(20)38-31)34-12-9-13-39(3)4/h7-8,10-11,15-17H,1,9,12-14H2,2-6H3,(H,34,36)(H,35,37,38). The van der Waals surface area contributed by atoms with E-state index in [0.29, 0.717) is 56.6 Å². The lowest BCUT2D eigenvalue weighted by atomic mass is 10.0. The van der Waals surface area contributed by atoms with Gasteiger partial charge in [-0.15, -0.1) is 0 Å². The molecular formula is C31H34Cl2N6O3. The Balaban J connectivity index is 1.82. The lowest BCUT2D eigenvalue weighted by Gasteiger charge is -2.17. The molecule has 0 saturated carbocycles. The van der Waals surface area contributed by atoms with E-state index in [0.717, 1.165) is 35.2 Å². The number of carbonyl (C=O) groups is 1. The molecule has 0 saturated heterocycles. The number of rotatable bonds is 13. The van der Waals surface area contributed by atoms with Crippen LogP contribution in [0.4, 0.5) is 17.5 Å². The first-order valence-electron chi connectivity index (χ1n) is 13.3. The van der Waals surface area contributed by atoms with Crippen molar-refractivity contribution in [1.29, 1.82) is 0 Å². The molecule has 0 aliphatic heterocycles. The van der Waals surface area contributed by atoms with E-state index in [9.17, 15) is 4.79 Å². The number of nitrogens with one attached hydrogen (secondary N) is 2. The lowest BCUT2D eigenvalue weighted by molar-refractivity contribution is -0.114. The Hall–Kier alpha value is -3.92. The van der Waals surface area contributed by atoms with E-state index in [4.69, 9.17) is 42.6 Å². The number of benzene rings is 2. The SMILES string of the molecule is C=CC(=O)Cc1cccc(C)c1Nc1ncc2cc(-c3c(Cl)c(OC)cc(OC)c3Cl)nc(NCCCN(C)C)c2n1. The van der Waals surface area contributed by atoms with Crippen LogP contribution in [0.15, 0.2) is 49.2 Å². The normalized spacial score (nSPS) is 11.0. The molecule has 0 aliphatic carbocycles. The molecule has 2 aromatic heterocycles. The molecule has 9 nitrogen and oxygen atoms in total. The number of anilines is 3. The number of aryl methyl sites for hydroxylation is 1. The fourth-order valence-corrected chi connectivity index (χ4v) is 5.18. The zero-order valence-electron chi connectivity index (χ0n) is 24.3. The first-order valence-corrected chi connectivity index (χ1v) is 14.1. The van der Waals surface area contributed by atoms with Gasteiger partial charge in [-0.25, -0.2) is 15.0 Å². The number of hydrogen-bond donors (Lipinski definition) is 2. The van der Waals surface area contributed by atoms with Crippen molar-refractivity contribution >= 4 is 57.3 Å². The molecule has 0 unspecified atom stereocenters. The van der Waals surface area contributed by atoms with Crippen LogP contribution in [0.3, 0.4) is 0 Å². The zero-order chi connectivity index (χ0) is 30.4. The van der Waals surface area contributed by atoms with Gasteiger partial charge in [0.25, 0.3) is 0 Å². The van der Waals surface area contributed by atoms with Gasteiger partial charge < -0.3 is 25.0 Å². The molecule has 2 heterocycles. The number of fused-ring (bicyclic) bond motifs is 1. The number of allylic oxidation sites excluding steroid dienone is 1. The third kappa shape index (κ3) is 6.92. The Bertz CT molecular complexity index is 1600. The predicted molar refractivity (Wildman–Crippen MR) is 171 cm³/mol. The molecule has 0 spiro atoms. The molecule has 2 N–H and O–H groups in total. The van der Waals surface area contributed by atoms with Crippen molar-refractivity contribution in [3.05, 3.63) is 70.4 Å². The van der Waals surface area contributed by atoms with Crippen LogP contribution in [0.25, 0.3) is 22.2 Å². The number of aromatic nitrogens is 3. The van der Waals surface area contributed by atoms with Crippen LogP contribution in [-0.4, -0.2) is 67.0 Å². The topological polar surface area (TPSA) is 102 Å². The Labute approximate surface area is 255 Å². The summed E-state index contributed by atoms with van der Waals surface area (Å²) >= 11 is 13.5. The summed E-state index contributed by atoms with van der Waals surface area (Å²) in [6, 6.07) is 9.25. The van der Waals surface area contributed by atoms with Crippen molar-refractivity contribution in [2.24, 2.45) is 0 Å². The minimum atomic E-state index is -0.0736. The van der Waals surface area contributed by atoms with E-state index >= 15 is 0 Å². The summed E-state index contributed by atoms with van der Waals surface area (Å²) in [6.45, 7) is 7.12. The Kier molecular flexibility index (Phi) is 10.2. The molecule has 220 valence electrons. The largest absolute Gasteiger partial charge is 0.495 e. The van der Waals surface area contributed by atoms with Crippen LogP contribution in [0.5, 0.6) is 11.5 Å². The van der Waals surface area contributed by atoms with Crippen molar-refractivity contribution in [1.82, 2.24) is 19.9 Å². The average Bonchev–Trinajstić information content (AvgIpc) is 2.97. The number of methoxy groups -OCH3 is 2. The molecule has 0 bridgehead atoms. The maximum Gasteiger partial charge on any atom is 0.227 e.